The number of hydrogen-bond acceptors (Lipinski definition) is 3. The lowest BCUT2D eigenvalue weighted by Crippen LogP contribution is -2.25. The van der Waals surface area contributed by atoms with Gasteiger partial charge in [0.1, 0.15) is 4.33 Å². The van der Waals surface area contributed by atoms with Gasteiger partial charge in [0, 0.05) is 18.1 Å². The Hall–Kier alpha value is -1.39. The van der Waals surface area contributed by atoms with Crippen LogP contribution in [0, 0.1) is 5.41 Å². The van der Waals surface area contributed by atoms with E-state index in [-0.39, 0.29) is 5.91 Å². The third-order valence-corrected chi connectivity index (χ3v) is 4.59. The minimum atomic E-state index is -0.965. The highest BCUT2D eigenvalue weighted by molar-refractivity contribution is 6.53. The van der Waals surface area contributed by atoms with Crippen molar-refractivity contribution in [1.29, 1.82) is 0 Å². The molecule has 1 atom stereocenters. The third kappa shape index (κ3) is 2.05. The van der Waals surface area contributed by atoms with Crippen LogP contribution in [0.15, 0.2) is 30.6 Å². The van der Waals surface area contributed by atoms with E-state index in [0.29, 0.717) is 12.1 Å². The molecular formula is C13H11Cl2N3O. The summed E-state index contributed by atoms with van der Waals surface area (Å²) < 4.78 is -0.965. The number of carbonyl (C=O) groups excluding carboxylic acids is 1. The molecule has 0 saturated heterocycles. The SMILES string of the molecule is C[C@]1(C(=O)Nc2ccc3nccnc3c2)CC1(Cl)Cl. The predicted molar refractivity (Wildman–Crippen MR) is 75.3 cm³/mol. The summed E-state index contributed by atoms with van der Waals surface area (Å²) in [6.07, 6.45) is 3.70. The summed E-state index contributed by atoms with van der Waals surface area (Å²) in [5.41, 5.74) is 1.44. The minimum Gasteiger partial charge on any atom is -0.325 e. The Labute approximate surface area is 120 Å². The highest BCUT2D eigenvalue weighted by Gasteiger charge is 2.67. The van der Waals surface area contributed by atoms with Gasteiger partial charge in [-0.3, -0.25) is 14.8 Å². The molecule has 1 heterocycles. The monoisotopic (exact) mass is 295 g/mol. The quantitative estimate of drug-likeness (QED) is 0.866. The van der Waals surface area contributed by atoms with Crippen LogP contribution in [0.4, 0.5) is 5.69 Å². The highest BCUT2D eigenvalue weighted by Crippen LogP contribution is 2.64. The molecule has 0 unspecified atom stereocenters. The maximum atomic E-state index is 12.1. The second-order valence-electron chi connectivity index (χ2n) is 4.93. The number of halogens is 2. The molecule has 4 nitrogen and oxygen atoms in total. The molecule has 0 aliphatic heterocycles. The molecule has 1 saturated carbocycles. The summed E-state index contributed by atoms with van der Waals surface area (Å²) in [6, 6.07) is 5.36. The standard InChI is InChI=1S/C13H11Cl2N3O/c1-12(7-13(12,14)15)11(19)18-8-2-3-9-10(6-8)17-5-4-16-9/h2-6H,7H2,1H3,(H,18,19)/t12-/m1/s1. The van der Waals surface area contributed by atoms with Crippen LogP contribution in [0.1, 0.15) is 13.3 Å². The maximum Gasteiger partial charge on any atom is 0.233 e. The van der Waals surface area contributed by atoms with Gasteiger partial charge in [-0.25, -0.2) is 0 Å². The van der Waals surface area contributed by atoms with Gasteiger partial charge >= 0.3 is 0 Å². The summed E-state index contributed by atoms with van der Waals surface area (Å²) in [7, 11) is 0. The normalized spacial score (nSPS) is 24.2. The molecular weight excluding hydrogens is 285 g/mol. The first-order chi connectivity index (χ1) is 8.92. The van der Waals surface area contributed by atoms with Gasteiger partial charge in [0.15, 0.2) is 0 Å². The zero-order chi connectivity index (χ0) is 13.7. The zero-order valence-electron chi connectivity index (χ0n) is 10.2. The zero-order valence-corrected chi connectivity index (χ0v) is 11.7. The van der Waals surface area contributed by atoms with Crippen LogP contribution in [-0.4, -0.2) is 20.2 Å². The smallest absolute Gasteiger partial charge is 0.233 e. The second kappa shape index (κ2) is 4.05. The topological polar surface area (TPSA) is 54.9 Å². The number of amides is 1. The van der Waals surface area contributed by atoms with E-state index in [9.17, 15) is 4.79 Å². The van der Waals surface area contributed by atoms with Crippen molar-refractivity contribution in [2.24, 2.45) is 5.41 Å². The summed E-state index contributed by atoms with van der Waals surface area (Å²) in [5.74, 6) is -0.180. The van der Waals surface area contributed by atoms with Gasteiger partial charge in [0.25, 0.3) is 0 Å². The number of nitrogens with one attached hydrogen (secondary N) is 1. The molecule has 1 aliphatic rings. The van der Waals surface area contributed by atoms with Crippen molar-refractivity contribution >= 4 is 45.8 Å². The van der Waals surface area contributed by atoms with Crippen LogP contribution in [0.2, 0.25) is 0 Å². The lowest BCUT2D eigenvalue weighted by molar-refractivity contribution is -0.120. The predicted octanol–water partition coefficient (Wildman–Crippen LogP) is 3.15. The van der Waals surface area contributed by atoms with E-state index in [4.69, 9.17) is 23.2 Å². The molecule has 1 aromatic carbocycles. The third-order valence-electron chi connectivity index (χ3n) is 3.49. The van der Waals surface area contributed by atoms with Crippen LogP contribution in [0.5, 0.6) is 0 Å². The van der Waals surface area contributed by atoms with Crippen LogP contribution in [0.25, 0.3) is 11.0 Å². The molecule has 0 spiro atoms. The first kappa shape index (κ1) is 12.6. The summed E-state index contributed by atoms with van der Waals surface area (Å²) in [6.45, 7) is 1.75. The summed E-state index contributed by atoms with van der Waals surface area (Å²) in [5, 5.41) is 2.82. The Morgan fingerprint density at radius 1 is 1.26 bits per heavy atom. The van der Waals surface area contributed by atoms with Crippen molar-refractivity contribution in [2.45, 2.75) is 17.7 Å². The largest absolute Gasteiger partial charge is 0.325 e. The van der Waals surface area contributed by atoms with Crippen LogP contribution in [-0.2, 0) is 4.79 Å². The highest BCUT2D eigenvalue weighted by atomic mass is 35.5. The minimum absolute atomic E-state index is 0.180. The molecule has 0 bridgehead atoms. The molecule has 1 aliphatic carbocycles. The Balaban J connectivity index is 1.84. The molecule has 19 heavy (non-hydrogen) atoms. The second-order valence-corrected chi connectivity index (χ2v) is 6.41. The summed E-state index contributed by atoms with van der Waals surface area (Å²) in [4.78, 5) is 20.5. The Kier molecular flexibility index (Phi) is 2.69. The number of carbonyl (C=O) groups is 1. The van der Waals surface area contributed by atoms with Crippen molar-refractivity contribution < 1.29 is 4.79 Å². The number of hydrogen-bond donors (Lipinski definition) is 1. The summed E-state index contributed by atoms with van der Waals surface area (Å²) >= 11 is 12.0. The fourth-order valence-electron chi connectivity index (χ4n) is 1.96. The van der Waals surface area contributed by atoms with Gasteiger partial charge in [0.05, 0.1) is 16.4 Å². The number of alkyl halides is 2. The number of aromatic nitrogens is 2. The van der Waals surface area contributed by atoms with E-state index in [1.807, 2.05) is 6.07 Å². The fourth-order valence-corrected chi connectivity index (χ4v) is 2.66. The van der Waals surface area contributed by atoms with Crippen LogP contribution >= 0.6 is 23.2 Å². The van der Waals surface area contributed by atoms with Crippen LogP contribution < -0.4 is 5.32 Å². The van der Waals surface area contributed by atoms with Crippen molar-refractivity contribution in [3.05, 3.63) is 30.6 Å². The Bertz CT molecular complexity index is 674. The molecule has 1 amide bonds. The first-order valence-corrected chi connectivity index (χ1v) is 6.58. The maximum absolute atomic E-state index is 12.1. The van der Waals surface area contributed by atoms with E-state index in [1.165, 1.54) is 0 Å². The first-order valence-electron chi connectivity index (χ1n) is 5.82. The number of benzene rings is 1. The molecule has 1 aromatic heterocycles. The molecule has 1 N–H and O–H groups in total. The van der Waals surface area contributed by atoms with E-state index in [2.05, 4.69) is 15.3 Å². The Morgan fingerprint density at radius 3 is 2.53 bits per heavy atom. The average Bonchev–Trinajstić information content (AvgIpc) is 2.90. The van der Waals surface area contributed by atoms with Gasteiger partial charge in [-0.05, 0) is 31.5 Å². The molecule has 98 valence electrons. The van der Waals surface area contributed by atoms with Gasteiger partial charge in [-0.15, -0.1) is 23.2 Å². The van der Waals surface area contributed by atoms with Gasteiger partial charge in [-0.2, -0.15) is 0 Å². The van der Waals surface area contributed by atoms with E-state index in [1.54, 1.807) is 31.5 Å². The molecule has 0 radical (unpaired) electrons. The average molecular weight is 296 g/mol. The van der Waals surface area contributed by atoms with E-state index < -0.39 is 9.75 Å². The Morgan fingerprint density at radius 2 is 1.89 bits per heavy atom. The van der Waals surface area contributed by atoms with Crippen molar-refractivity contribution in [2.75, 3.05) is 5.32 Å². The molecule has 2 aromatic rings. The number of rotatable bonds is 2. The molecule has 3 rings (SSSR count). The molecule has 1 fully saturated rings. The molecule has 6 heteroatoms. The van der Waals surface area contributed by atoms with Crippen LogP contribution in [0.3, 0.4) is 0 Å². The number of anilines is 1. The van der Waals surface area contributed by atoms with Gasteiger partial charge < -0.3 is 5.32 Å². The lowest BCUT2D eigenvalue weighted by atomic mass is 10.1. The van der Waals surface area contributed by atoms with Crippen molar-refractivity contribution in [3.63, 3.8) is 0 Å². The number of nitrogens with zero attached hydrogens (tertiary/aromatic N) is 2. The van der Waals surface area contributed by atoms with E-state index >= 15 is 0 Å². The van der Waals surface area contributed by atoms with Gasteiger partial charge in [0.2, 0.25) is 5.91 Å². The van der Waals surface area contributed by atoms with E-state index in [0.717, 1.165) is 11.0 Å². The van der Waals surface area contributed by atoms with Crippen molar-refractivity contribution in [1.82, 2.24) is 9.97 Å². The van der Waals surface area contributed by atoms with Gasteiger partial charge in [-0.1, -0.05) is 0 Å². The number of fused-ring (bicyclic) bond motifs is 1. The fraction of sp³-hybridized carbons (Fsp3) is 0.308. The lowest BCUT2D eigenvalue weighted by Gasteiger charge is -2.12. The van der Waals surface area contributed by atoms with Crippen molar-refractivity contribution in [3.8, 4) is 0 Å².